The molecular weight excluding hydrogens is 304 g/mol. The minimum absolute atomic E-state index is 0.304. The van der Waals surface area contributed by atoms with Gasteiger partial charge in [-0.05, 0) is 38.9 Å². The number of carbonyl (C=O) groups is 1. The molecule has 0 unspecified atom stereocenters. The Morgan fingerprint density at radius 1 is 1.48 bits per heavy atom. The van der Waals surface area contributed by atoms with Gasteiger partial charge in [-0.1, -0.05) is 6.42 Å². The van der Waals surface area contributed by atoms with Crippen LogP contribution in [0.3, 0.4) is 0 Å². The second kappa shape index (κ2) is 7.40. The molecule has 0 spiro atoms. The molecule has 0 amide bonds. The number of nitrogens with two attached hydrogens (primary N) is 1. The van der Waals surface area contributed by atoms with E-state index in [1.165, 1.54) is 30.6 Å². The first-order valence-electron chi connectivity index (χ1n) is 7.50. The molecule has 0 aliphatic heterocycles. The molecule has 4 nitrogen and oxygen atoms in total. The van der Waals surface area contributed by atoms with Gasteiger partial charge in [0, 0.05) is 13.1 Å². The fourth-order valence-electron chi connectivity index (χ4n) is 2.51. The molecule has 1 heterocycles. The zero-order valence-electron chi connectivity index (χ0n) is 13.0. The number of thioether (sulfide) groups is 1. The Kier molecular flexibility index (Phi) is 5.81. The van der Waals surface area contributed by atoms with E-state index in [2.05, 4.69) is 11.8 Å². The first kappa shape index (κ1) is 16.5. The molecule has 0 bridgehead atoms. The highest BCUT2D eigenvalue weighted by atomic mass is 32.2. The Balaban J connectivity index is 2.27. The second-order valence-electron chi connectivity index (χ2n) is 5.24. The van der Waals surface area contributed by atoms with Crippen LogP contribution in [0.1, 0.15) is 42.8 Å². The zero-order chi connectivity index (χ0) is 15.4. The molecule has 1 aromatic rings. The number of thiophene rings is 1. The molecule has 0 saturated heterocycles. The maximum atomic E-state index is 12.0. The Labute approximate surface area is 135 Å². The lowest BCUT2D eigenvalue weighted by Crippen LogP contribution is -2.32. The highest BCUT2D eigenvalue weighted by Gasteiger charge is 2.27. The van der Waals surface area contributed by atoms with Crippen molar-refractivity contribution in [2.75, 3.05) is 36.6 Å². The molecule has 1 aliphatic carbocycles. The average molecular weight is 329 g/mol. The van der Waals surface area contributed by atoms with E-state index in [1.54, 1.807) is 11.8 Å². The molecule has 118 valence electrons. The first-order valence-corrected chi connectivity index (χ1v) is 9.54. The molecule has 2 N–H and O–H groups in total. The Bertz CT molecular complexity index is 498. The maximum Gasteiger partial charge on any atom is 0.350 e. The Hall–Kier alpha value is -0.880. The van der Waals surface area contributed by atoms with Gasteiger partial charge >= 0.3 is 5.97 Å². The zero-order valence-corrected chi connectivity index (χ0v) is 14.6. The first-order chi connectivity index (χ1) is 10.1. The van der Waals surface area contributed by atoms with Crippen molar-refractivity contribution in [2.45, 2.75) is 38.0 Å². The van der Waals surface area contributed by atoms with E-state index in [0.29, 0.717) is 17.2 Å². The predicted octanol–water partition coefficient (Wildman–Crippen LogP) is 3.86. The Morgan fingerprint density at radius 2 is 2.19 bits per heavy atom. The smallest absolute Gasteiger partial charge is 0.350 e. The number of anilines is 2. The Morgan fingerprint density at radius 3 is 2.67 bits per heavy atom. The summed E-state index contributed by atoms with van der Waals surface area (Å²) in [4.78, 5) is 16.0. The lowest BCUT2D eigenvalue weighted by Gasteiger charge is -2.32. The van der Waals surface area contributed by atoms with Crippen molar-refractivity contribution in [3.63, 3.8) is 0 Å². The summed E-state index contributed by atoms with van der Waals surface area (Å²) in [6.07, 6.45) is 5.99. The van der Waals surface area contributed by atoms with Gasteiger partial charge in [0.25, 0.3) is 0 Å². The van der Waals surface area contributed by atoms with Gasteiger partial charge in [0.15, 0.2) is 0 Å². The van der Waals surface area contributed by atoms with Crippen molar-refractivity contribution >= 4 is 39.8 Å². The third kappa shape index (κ3) is 3.48. The summed E-state index contributed by atoms with van der Waals surface area (Å²) >= 11 is 3.08. The fraction of sp³-hybridized carbons (Fsp3) is 0.667. The molecule has 0 radical (unpaired) electrons. The molecule has 1 saturated carbocycles. The highest BCUT2D eigenvalue weighted by molar-refractivity contribution is 7.99. The lowest BCUT2D eigenvalue weighted by molar-refractivity contribution is 0.0533. The van der Waals surface area contributed by atoms with Gasteiger partial charge in [-0.2, -0.15) is 0 Å². The fourth-order valence-corrected chi connectivity index (χ4v) is 4.66. The van der Waals surface area contributed by atoms with Crippen LogP contribution in [0, 0.1) is 5.92 Å². The summed E-state index contributed by atoms with van der Waals surface area (Å²) in [5, 5.41) is 1.12. The summed E-state index contributed by atoms with van der Waals surface area (Å²) in [6, 6.07) is 0. The normalized spacial score (nSPS) is 14.8. The van der Waals surface area contributed by atoms with Crippen LogP contribution < -0.4 is 10.6 Å². The minimum atomic E-state index is -0.304. The van der Waals surface area contributed by atoms with Crippen LogP contribution in [0.15, 0.2) is 4.90 Å². The standard InChI is InChI=1S/C15H24N2O2S2/c1-4-17(9-10-7-6-8-10)14-12(20-3)11(16)13(21-14)15(18)19-5-2/h10H,4-9,16H2,1-3H3. The van der Waals surface area contributed by atoms with Crippen LogP contribution in [0.2, 0.25) is 0 Å². The van der Waals surface area contributed by atoms with Crippen LogP contribution in [0.4, 0.5) is 10.7 Å². The summed E-state index contributed by atoms with van der Waals surface area (Å²) < 4.78 is 5.11. The second-order valence-corrected chi connectivity index (χ2v) is 7.05. The van der Waals surface area contributed by atoms with Gasteiger partial charge in [-0.3, -0.25) is 0 Å². The van der Waals surface area contributed by atoms with E-state index in [4.69, 9.17) is 10.5 Å². The summed E-state index contributed by atoms with van der Waals surface area (Å²) in [5.74, 6) is 0.482. The maximum absolute atomic E-state index is 12.0. The van der Waals surface area contributed by atoms with E-state index in [0.717, 1.165) is 28.9 Å². The van der Waals surface area contributed by atoms with Gasteiger partial charge in [0.2, 0.25) is 0 Å². The van der Waals surface area contributed by atoms with Crippen molar-refractivity contribution in [2.24, 2.45) is 5.92 Å². The number of nitrogens with zero attached hydrogens (tertiary/aromatic N) is 1. The van der Waals surface area contributed by atoms with E-state index in [-0.39, 0.29) is 5.97 Å². The van der Waals surface area contributed by atoms with Gasteiger partial charge in [0.05, 0.1) is 17.2 Å². The summed E-state index contributed by atoms with van der Waals surface area (Å²) in [6.45, 7) is 6.34. The quantitative estimate of drug-likeness (QED) is 0.608. The van der Waals surface area contributed by atoms with E-state index >= 15 is 0 Å². The third-order valence-electron chi connectivity index (χ3n) is 3.92. The topological polar surface area (TPSA) is 55.6 Å². The van der Waals surface area contributed by atoms with Crippen LogP contribution in [0.5, 0.6) is 0 Å². The molecule has 6 heteroatoms. The van der Waals surface area contributed by atoms with Crippen molar-refractivity contribution in [3.8, 4) is 0 Å². The monoisotopic (exact) mass is 328 g/mol. The number of ether oxygens (including phenoxy) is 1. The number of esters is 1. The van der Waals surface area contributed by atoms with Crippen molar-refractivity contribution in [3.05, 3.63) is 4.88 Å². The number of carbonyl (C=O) groups excluding carboxylic acids is 1. The minimum Gasteiger partial charge on any atom is -0.462 e. The number of nitrogen functional groups attached to an aromatic ring is 1. The molecule has 1 aliphatic rings. The van der Waals surface area contributed by atoms with Gasteiger partial charge in [-0.15, -0.1) is 23.1 Å². The molecule has 1 aromatic heterocycles. The van der Waals surface area contributed by atoms with Crippen molar-refractivity contribution < 1.29 is 9.53 Å². The largest absolute Gasteiger partial charge is 0.462 e. The lowest BCUT2D eigenvalue weighted by atomic mass is 9.85. The van der Waals surface area contributed by atoms with Crippen LogP contribution in [-0.2, 0) is 4.74 Å². The molecule has 2 rings (SSSR count). The number of rotatable bonds is 7. The van der Waals surface area contributed by atoms with Gasteiger partial charge in [0.1, 0.15) is 9.88 Å². The third-order valence-corrected chi connectivity index (χ3v) is 6.12. The number of hydrogen-bond donors (Lipinski definition) is 1. The van der Waals surface area contributed by atoms with Gasteiger partial charge in [-0.25, -0.2) is 4.79 Å². The van der Waals surface area contributed by atoms with Gasteiger partial charge < -0.3 is 15.4 Å². The number of hydrogen-bond acceptors (Lipinski definition) is 6. The van der Waals surface area contributed by atoms with E-state index < -0.39 is 0 Å². The molecule has 0 aromatic carbocycles. The van der Waals surface area contributed by atoms with Crippen LogP contribution >= 0.6 is 23.1 Å². The highest BCUT2D eigenvalue weighted by Crippen LogP contribution is 2.45. The molecular formula is C15H24N2O2S2. The van der Waals surface area contributed by atoms with Crippen LogP contribution in [-0.4, -0.2) is 31.9 Å². The average Bonchev–Trinajstić information content (AvgIpc) is 2.75. The van der Waals surface area contributed by atoms with Crippen molar-refractivity contribution in [1.82, 2.24) is 0 Å². The summed E-state index contributed by atoms with van der Waals surface area (Å²) in [7, 11) is 0. The summed E-state index contributed by atoms with van der Waals surface area (Å²) in [5.41, 5.74) is 6.75. The molecule has 0 atom stereocenters. The SMILES string of the molecule is CCOC(=O)c1sc(N(CC)CC2CCC2)c(SC)c1N. The predicted molar refractivity (Wildman–Crippen MR) is 91.7 cm³/mol. The van der Waals surface area contributed by atoms with E-state index in [9.17, 15) is 4.79 Å². The molecule has 1 fully saturated rings. The van der Waals surface area contributed by atoms with Crippen molar-refractivity contribution in [1.29, 1.82) is 0 Å². The van der Waals surface area contributed by atoms with E-state index in [1.807, 2.05) is 13.2 Å². The van der Waals surface area contributed by atoms with Crippen LogP contribution in [0.25, 0.3) is 0 Å². The molecule has 21 heavy (non-hydrogen) atoms.